The fourth-order valence-corrected chi connectivity index (χ4v) is 1.30. The van der Waals surface area contributed by atoms with Gasteiger partial charge in [-0.25, -0.2) is 9.18 Å². The Labute approximate surface area is 101 Å². The van der Waals surface area contributed by atoms with Crippen LogP contribution in [-0.2, 0) is 9.47 Å². The largest absolute Gasteiger partial charge is 0.460 e. The zero-order chi connectivity index (χ0) is 12.8. The highest BCUT2D eigenvalue weighted by Gasteiger charge is 2.14. The van der Waals surface area contributed by atoms with Crippen molar-refractivity contribution in [1.82, 2.24) is 0 Å². The van der Waals surface area contributed by atoms with E-state index >= 15 is 0 Å². The molecule has 0 aliphatic heterocycles. The predicted octanol–water partition coefficient (Wildman–Crippen LogP) is 2.72. The lowest BCUT2D eigenvalue weighted by Crippen LogP contribution is -2.14. The molecule has 0 bridgehead atoms. The highest BCUT2D eigenvalue weighted by atomic mass is 19.1. The van der Waals surface area contributed by atoms with E-state index in [0.717, 1.165) is 0 Å². The maximum absolute atomic E-state index is 13.6. The van der Waals surface area contributed by atoms with Gasteiger partial charge in [-0.3, -0.25) is 0 Å². The van der Waals surface area contributed by atoms with Gasteiger partial charge in [-0.2, -0.15) is 0 Å². The lowest BCUT2D eigenvalue weighted by atomic mass is 10.1. The Balaban J connectivity index is 2.50. The first kappa shape index (κ1) is 13.6. The second kappa shape index (κ2) is 6.35. The lowest BCUT2D eigenvalue weighted by molar-refractivity contribution is 0.0173. The van der Waals surface area contributed by atoms with Crippen molar-refractivity contribution in [3.63, 3.8) is 0 Å². The van der Waals surface area contributed by atoms with E-state index in [1.165, 1.54) is 6.07 Å². The van der Waals surface area contributed by atoms with Crippen molar-refractivity contribution in [2.24, 2.45) is 0 Å². The Morgan fingerprint density at radius 2 is 2.06 bits per heavy atom. The molecule has 94 valence electrons. The number of carbonyl (C=O) groups excluding carboxylic acids is 1. The highest BCUT2D eigenvalue weighted by Crippen LogP contribution is 2.12. The van der Waals surface area contributed by atoms with E-state index in [9.17, 15) is 9.18 Å². The third-order valence-electron chi connectivity index (χ3n) is 2.18. The second-order valence-electron chi connectivity index (χ2n) is 3.99. The Morgan fingerprint density at radius 1 is 1.35 bits per heavy atom. The van der Waals surface area contributed by atoms with Crippen LogP contribution in [0.2, 0.25) is 0 Å². The number of hydrogen-bond acceptors (Lipinski definition) is 3. The molecule has 0 amide bonds. The molecule has 0 spiro atoms. The summed E-state index contributed by atoms with van der Waals surface area (Å²) < 4.78 is 23.7. The Hall–Kier alpha value is -1.42. The number of halogens is 1. The van der Waals surface area contributed by atoms with Crippen LogP contribution >= 0.6 is 0 Å². The summed E-state index contributed by atoms with van der Waals surface area (Å²) >= 11 is 0. The van der Waals surface area contributed by atoms with Crippen LogP contribution in [0.3, 0.4) is 0 Å². The number of aryl methyl sites for hydroxylation is 1. The van der Waals surface area contributed by atoms with Crippen LogP contribution in [-0.4, -0.2) is 25.3 Å². The van der Waals surface area contributed by atoms with Crippen LogP contribution < -0.4 is 0 Å². The summed E-state index contributed by atoms with van der Waals surface area (Å²) in [5.74, 6) is -1.18. The molecule has 3 nitrogen and oxygen atoms in total. The van der Waals surface area contributed by atoms with Gasteiger partial charge in [0.25, 0.3) is 0 Å². The molecule has 0 radical (unpaired) electrons. The normalized spacial score (nSPS) is 10.6. The van der Waals surface area contributed by atoms with E-state index in [4.69, 9.17) is 9.47 Å². The van der Waals surface area contributed by atoms with E-state index in [2.05, 4.69) is 0 Å². The molecule has 0 aliphatic rings. The average molecular weight is 240 g/mol. The summed E-state index contributed by atoms with van der Waals surface area (Å²) in [4.78, 5) is 11.5. The van der Waals surface area contributed by atoms with Gasteiger partial charge in [-0.15, -0.1) is 0 Å². The molecule has 1 rings (SSSR count). The summed E-state index contributed by atoms with van der Waals surface area (Å²) in [6.45, 7) is 5.83. The fraction of sp³-hybridized carbons (Fsp3) is 0.462. The lowest BCUT2D eigenvalue weighted by Gasteiger charge is -2.09. The molecule has 0 saturated heterocycles. The van der Waals surface area contributed by atoms with E-state index in [1.54, 1.807) is 19.1 Å². The number of carbonyl (C=O) groups is 1. The summed E-state index contributed by atoms with van der Waals surface area (Å²) in [6, 6.07) is 4.64. The van der Waals surface area contributed by atoms with E-state index < -0.39 is 11.8 Å². The number of benzene rings is 1. The molecule has 0 heterocycles. The molecule has 0 aromatic heterocycles. The number of rotatable bonds is 5. The molecule has 0 fully saturated rings. The van der Waals surface area contributed by atoms with E-state index in [-0.39, 0.29) is 18.3 Å². The topological polar surface area (TPSA) is 35.5 Å². The van der Waals surface area contributed by atoms with Crippen LogP contribution in [0.5, 0.6) is 0 Å². The quantitative estimate of drug-likeness (QED) is 0.586. The van der Waals surface area contributed by atoms with Crippen LogP contribution in [0.4, 0.5) is 4.39 Å². The Morgan fingerprint density at radius 3 is 2.71 bits per heavy atom. The zero-order valence-corrected chi connectivity index (χ0v) is 10.3. The standard InChI is InChI=1S/C13H17FO3/c1-9(2)16-7-8-17-13(15)11-6-4-5-10(3)12(11)14/h4-6,9H,7-8H2,1-3H3. The van der Waals surface area contributed by atoms with Gasteiger partial charge in [-0.1, -0.05) is 12.1 Å². The van der Waals surface area contributed by atoms with Crippen molar-refractivity contribution in [1.29, 1.82) is 0 Å². The minimum atomic E-state index is -0.654. The predicted molar refractivity (Wildman–Crippen MR) is 62.5 cm³/mol. The van der Waals surface area contributed by atoms with Crippen LogP contribution in [0, 0.1) is 12.7 Å². The van der Waals surface area contributed by atoms with Gasteiger partial charge in [0.2, 0.25) is 0 Å². The molecule has 0 N–H and O–H groups in total. The molecule has 4 heteroatoms. The fourth-order valence-electron chi connectivity index (χ4n) is 1.30. The smallest absolute Gasteiger partial charge is 0.341 e. The molecule has 1 aromatic rings. The molecular weight excluding hydrogens is 223 g/mol. The van der Waals surface area contributed by atoms with Gasteiger partial charge >= 0.3 is 5.97 Å². The third-order valence-corrected chi connectivity index (χ3v) is 2.18. The SMILES string of the molecule is Cc1cccc(C(=O)OCCOC(C)C)c1F. The highest BCUT2D eigenvalue weighted by molar-refractivity contribution is 5.89. The maximum atomic E-state index is 13.6. The van der Waals surface area contributed by atoms with Gasteiger partial charge in [0.05, 0.1) is 18.3 Å². The number of ether oxygens (including phenoxy) is 2. The molecule has 17 heavy (non-hydrogen) atoms. The molecule has 0 atom stereocenters. The Kier molecular flexibility index (Phi) is 5.10. The first-order valence-corrected chi connectivity index (χ1v) is 5.56. The van der Waals surface area contributed by atoms with Crippen molar-refractivity contribution in [3.05, 3.63) is 35.1 Å². The molecule has 0 saturated carbocycles. The van der Waals surface area contributed by atoms with Crippen LogP contribution in [0.1, 0.15) is 29.8 Å². The summed E-state index contributed by atoms with van der Waals surface area (Å²) in [6.07, 6.45) is 0.0874. The first-order valence-electron chi connectivity index (χ1n) is 5.56. The minimum absolute atomic E-state index is 0.0328. The monoisotopic (exact) mass is 240 g/mol. The molecule has 0 aliphatic carbocycles. The van der Waals surface area contributed by atoms with Crippen molar-refractivity contribution in [2.45, 2.75) is 26.9 Å². The van der Waals surface area contributed by atoms with Gasteiger partial charge in [0.15, 0.2) is 0 Å². The van der Waals surface area contributed by atoms with Gasteiger partial charge < -0.3 is 9.47 Å². The van der Waals surface area contributed by atoms with Crippen LogP contribution in [0.15, 0.2) is 18.2 Å². The third kappa shape index (κ3) is 4.15. The van der Waals surface area contributed by atoms with Crippen molar-refractivity contribution >= 4 is 5.97 Å². The summed E-state index contributed by atoms with van der Waals surface area (Å²) in [5.41, 5.74) is 0.396. The molecular formula is C13H17FO3. The maximum Gasteiger partial charge on any atom is 0.341 e. The molecule has 1 aromatic carbocycles. The van der Waals surface area contributed by atoms with Crippen molar-refractivity contribution in [2.75, 3.05) is 13.2 Å². The van der Waals surface area contributed by atoms with Gasteiger partial charge in [-0.05, 0) is 32.4 Å². The van der Waals surface area contributed by atoms with Crippen molar-refractivity contribution in [3.8, 4) is 0 Å². The summed E-state index contributed by atoms with van der Waals surface area (Å²) in [5, 5.41) is 0. The van der Waals surface area contributed by atoms with Crippen LogP contribution in [0.25, 0.3) is 0 Å². The number of hydrogen-bond donors (Lipinski definition) is 0. The second-order valence-corrected chi connectivity index (χ2v) is 3.99. The van der Waals surface area contributed by atoms with Gasteiger partial charge in [0.1, 0.15) is 12.4 Å². The number of esters is 1. The van der Waals surface area contributed by atoms with E-state index in [1.807, 2.05) is 13.8 Å². The Bertz CT molecular complexity index is 388. The average Bonchev–Trinajstić information content (AvgIpc) is 2.27. The van der Waals surface area contributed by atoms with Gasteiger partial charge in [0, 0.05) is 0 Å². The van der Waals surface area contributed by atoms with Crippen molar-refractivity contribution < 1.29 is 18.7 Å². The zero-order valence-electron chi connectivity index (χ0n) is 10.3. The minimum Gasteiger partial charge on any atom is -0.460 e. The summed E-state index contributed by atoms with van der Waals surface area (Å²) in [7, 11) is 0. The first-order chi connectivity index (χ1) is 8.02. The van der Waals surface area contributed by atoms with E-state index in [0.29, 0.717) is 12.2 Å². The molecule has 0 unspecified atom stereocenters.